The largest absolute Gasteiger partial charge is 0.326 e. The minimum absolute atomic E-state index is 0.0870. The first-order valence-electron chi connectivity index (χ1n) is 6.38. The zero-order valence-electron chi connectivity index (χ0n) is 11.2. The number of hydrogen-bond donors (Lipinski definition) is 0. The Balaban J connectivity index is 2.22. The van der Waals surface area contributed by atoms with Crippen molar-refractivity contribution in [1.82, 2.24) is 9.47 Å². The number of nitrogens with zero attached hydrogens (tertiary/aromatic N) is 3. The summed E-state index contributed by atoms with van der Waals surface area (Å²) in [5.41, 5.74) is 0. The van der Waals surface area contributed by atoms with Gasteiger partial charge in [-0.1, -0.05) is 13.8 Å². The molecule has 17 heavy (non-hydrogen) atoms. The Bertz CT molecular complexity index is 420. The molecule has 0 spiro atoms. The molecule has 4 nitrogen and oxygen atoms in total. The van der Waals surface area contributed by atoms with Crippen molar-refractivity contribution in [2.24, 2.45) is 5.92 Å². The molecule has 4 heteroatoms. The van der Waals surface area contributed by atoms with Crippen molar-refractivity contribution in [3.8, 4) is 0 Å². The fourth-order valence-corrected chi connectivity index (χ4v) is 2.35. The maximum atomic E-state index is 12.0. The third-order valence-electron chi connectivity index (χ3n) is 3.34. The highest BCUT2D eigenvalue weighted by atomic mass is 16.2. The molecular formula is C13H22N3O+. The standard InChI is InChI=1S/C13H22N3O/c1-10(2)13(17)15-6-5-14-7-8-16(11(3)4)12(14)9-15/h7-8,10-11H,5-6,9H2,1-4H3/q+1. The fraction of sp³-hybridized carbons (Fsp3) is 0.692. The third-order valence-corrected chi connectivity index (χ3v) is 3.34. The van der Waals surface area contributed by atoms with Gasteiger partial charge < -0.3 is 4.90 Å². The summed E-state index contributed by atoms with van der Waals surface area (Å²) in [4.78, 5) is 14.0. The Kier molecular flexibility index (Phi) is 3.22. The molecule has 0 aromatic carbocycles. The second kappa shape index (κ2) is 4.51. The molecule has 0 radical (unpaired) electrons. The van der Waals surface area contributed by atoms with E-state index in [1.165, 1.54) is 5.82 Å². The summed E-state index contributed by atoms with van der Waals surface area (Å²) >= 11 is 0. The van der Waals surface area contributed by atoms with Crippen LogP contribution in [0.25, 0.3) is 0 Å². The Morgan fingerprint density at radius 1 is 1.29 bits per heavy atom. The monoisotopic (exact) mass is 236 g/mol. The van der Waals surface area contributed by atoms with Crippen LogP contribution in [0, 0.1) is 5.92 Å². The van der Waals surface area contributed by atoms with E-state index in [1.54, 1.807) is 0 Å². The van der Waals surface area contributed by atoms with E-state index in [1.807, 2.05) is 18.7 Å². The van der Waals surface area contributed by atoms with Crippen LogP contribution in [0.1, 0.15) is 39.6 Å². The molecule has 0 saturated heterocycles. The second-order valence-corrected chi connectivity index (χ2v) is 5.32. The molecule has 1 aliphatic heterocycles. The highest BCUT2D eigenvalue weighted by molar-refractivity contribution is 5.78. The van der Waals surface area contributed by atoms with Crippen molar-refractivity contribution in [2.45, 2.75) is 46.8 Å². The molecule has 1 aromatic rings. The van der Waals surface area contributed by atoms with Crippen LogP contribution in [0.3, 0.4) is 0 Å². The predicted molar refractivity (Wildman–Crippen MR) is 65.3 cm³/mol. The van der Waals surface area contributed by atoms with Crippen molar-refractivity contribution in [1.29, 1.82) is 0 Å². The minimum Gasteiger partial charge on any atom is -0.326 e. The lowest BCUT2D eigenvalue weighted by Crippen LogP contribution is -2.48. The van der Waals surface area contributed by atoms with Gasteiger partial charge in [0.2, 0.25) is 5.91 Å². The Morgan fingerprint density at radius 2 is 2.00 bits per heavy atom. The lowest BCUT2D eigenvalue weighted by molar-refractivity contribution is -0.724. The van der Waals surface area contributed by atoms with E-state index in [9.17, 15) is 4.79 Å². The number of rotatable bonds is 2. The van der Waals surface area contributed by atoms with Crippen LogP contribution in [0.2, 0.25) is 0 Å². The molecule has 2 rings (SSSR count). The summed E-state index contributed by atoms with van der Waals surface area (Å²) in [6, 6.07) is 0.445. The van der Waals surface area contributed by atoms with Crippen LogP contribution in [-0.2, 0) is 17.9 Å². The number of fused-ring (bicyclic) bond motifs is 1. The first-order chi connectivity index (χ1) is 8.00. The molecule has 2 heterocycles. The number of carbonyl (C=O) groups is 1. The molecule has 1 amide bonds. The zero-order chi connectivity index (χ0) is 12.6. The molecule has 1 aliphatic rings. The predicted octanol–water partition coefficient (Wildman–Crippen LogP) is 1.35. The maximum Gasteiger partial charge on any atom is 0.276 e. The second-order valence-electron chi connectivity index (χ2n) is 5.32. The average Bonchev–Trinajstić information content (AvgIpc) is 2.70. The van der Waals surface area contributed by atoms with Gasteiger partial charge >= 0.3 is 0 Å². The maximum absolute atomic E-state index is 12.0. The van der Waals surface area contributed by atoms with Gasteiger partial charge in [0, 0.05) is 5.92 Å². The quantitative estimate of drug-likeness (QED) is 0.713. The Morgan fingerprint density at radius 3 is 2.59 bits per heavy atom. The molecule has 0 unspecified atom stereocenters. The SMILES string of the molecule is CC(C)C(=O)N1CCn2cc[n+](C(C)C)c2C1. The van der Waals surface area contributed by atoms with Crippen LogP contribution >= 0.6 is 0 Å². The van der Waals surface area contributed by atoms with Gasteiger partial charge in [-0.3, -0.25) is 4.79 Å². The zero-order valence-corrected chi connectivity index (χ0v) is 11.2. The van der Waals surface area contributed by atoms with E-state index in [-0.39, 0.29) is 11.8 Å². The van der Waals surface area contributed by atoms with Gasteiger partial charge in [-0.25, -0.2) is 9.13 Å². The molecule has 0 fully saturated rings. The van der Waals surface area contributed by atoms with Crippen molar-refractivity contribution in [3.63, 3.8) is 0 Å². The summed E-state index contributed by atoms with van der Waals surface area (Å²) in [6.45, 7) is 10.7. The van der Waals surface area contributed by atoms with Crippen molar-refractivity contribution in [2.75, 3.05) is 6.54 Å². The van der Waals surface area contributed by atoms with Gasteiger partial charge in [0.05, 0.1) is 12.6 Å². The summed E-state index contributed by atoms with van der Waals surface area (Å²) in [5, 5.41) is 0. The van der Waals surface area contributed by atoms with Gasteiger partial charge in [0.25, 0.3) is 5.82 Å². The van der Waals surface area contributed by atoms with Crippen LogP contribution < -0.4 is 4.57 Å². The van der Waals surface area contributed by atoms with E-state index < -0.39 is 0 Å². The van der Waals surface area contributed by atoms with Gasteiger partial charge in [-0.15, -0.1) is 0 Å². The van der Waals surface area contributed by atoms with Crippen LogP contribution in [-0.4, -0.2) is 21.9 Å². The van der Waals surface area contributed by atoms with Crippen LogP contribution in [0.15, 0.2) is 12.4 Å². The highest BCUT2D eigenvalue weighted by Gasteiger charge is 2.30. The smallest absolute Gasteiger partial charge is 0.276 e. The number of amides is 1. The Labute approximate surface area is 103 Å². The number of aromatic nitrogens is 2. The first-order valence-corrected chi connectivity index (χ1v) is 6.38. The summed E-state index contributed by atoms with van der Waals surface area (Å²) in [7, 11) is 0. The molecular weight excluding hydrogens is 214 g/mol. The van der Waals surface area contributed by atoms with Gasteiger partial charge in [-0.2, -0.15) is 0 Å². The van der Waals surface area contributed by atoms with Gasteiger partial charge in [0.1, 0.15) is 25.5 Å². The minimum atomic E-state index is 0.0870. The number of carbonyl (C=O) groups excluding carboxylic acids is 1. The number of hydrogen-bond acceptors (Lipinski definition) is 1. The lowest BCUT2D eigenvalue weighted by Gasteiger charge is -2.26. The highest BCUT2D eigenvalue weighted by Crippen LogP contribution is 2.13. The molecule has 0 N–H and O–H groups in total. The normalized spacial score (nSPS) is 15.5. The van der Waals surface area contributed by atoms with Gasteiger partial charge in [0.15, 0.2) is 0 Å². The average molecular weight is 236 g/mol. The van der Waals surface area contributed by atoms with E-state index >= 15 is 0 Å². The summed E-state index contributed by atoms with van der Waals surface area (Å²) in [6.07, 6.45) is 4.23. The number of imidazole rings is 1. The topological polar surface area (TPSA) is 29.1 Å². The van der Waals surface area contributed by atoms with E-state index in [4.69, 9.17) is 0 Å². The molecule has 0 saturated carbocycles. The third kappa shape index (κ3) is 2.21. The van der Waals surface area contributed by atoms with Crippen LogP contribution in [0.4, 0.5) is 0 Å². The first kappa shape index (κ1) is 12.1. The van der Waals surface area contributed by atoms with Crippen molar-refractivity contribution in [3.05, 3.63) is 18.2 Å². The van der Waals surface area contributed by atoms with E-state index in [0.29, 0.717) is 6.04 Å². The van der Waals surface area contributed by atoms with Gasteiger partial charge in [-0.05, 0) is 13.8 Å². The summed E-state index contributed by atoms with van der Waals surface area (Å²) < 4.78 is 4.50. The molecule has 0 atom stereocenters. The van der Waals surface area contributed by atoms with Crippen molar-refractivity contribution >= 4 is 5.91 Å². The van der Waals surface area contributed by atoms with E-state index in [0.717, 1.165) is 19.6 Å². The lowest BCUT2D eigenvalue weighted by atomic mass is 10.2. The molecule has 1 aromatic heterocycles. The Hall–Kier alpha value is -1.32. The summed E-state index contributed by atoms with van der Waals surface area (Å²) in [5.74, 6) is 1.58. The molecule has 0 bridgehead atoms. The van der Waals surface area contributed by atoms with E-state index in [2.05, 4.69) is 35.4 Å². The molecule has 94 valence electrons. The molecule has 0 aliphatic carbocycles. The van der Waals surface area contributed by atoms with Crippen molar-refractivity contribution < 1.29 is 9.36 Å². The van der Waals surface area contributed by atoms with Crippen LogP contribution in [0.5, 0.6) is 0 Å². The fourth-order valence-electron chi connectivity index (χ4n) is 2.35.